The normalized spacial score (nSPS) is 62.5. The van der Waals surface area contributed by atoms with Gasteiger partial charge in [-0.3, -0.25) is 0 Å². The van der Waals surface area contributed by atoms with Crippen molar-refractivity contribution in [2.24, 2.45) is 11.8 Å². The standard InChI is InChI=1S/C10H15BrO/c11-9-2-7-1-8(3-9)5-10(12,4-7)6-9/h7-8,12H,1-6H2. The van der Waals surface area contributed by atoms with Crippen molar-refractivity contribution in [3.63, 3.8) is 0 Å². The zero-order valence-corrected chi connectivity index (χ0v) is 8.81. The molecule has 0 amide bonds. The van der Waals surface area contributed by atoms with Gasteiger partial charge in [-0.15, -0.1) is 0 Å². The van der Waals surface area contributed by atoms with Gasteiger partial charge in [0.1, 0.15) is 0 Å². The molecule has 12 heavy (non-hydrogen) atoms. The molecule has 2 atom stereocenters. The summed E-state index contributed by atoms with van der Waals surface area (Å²) in [6, 6.07) is 0. The van der Waals surface area contributed by atoms with Crippen LogP contribution in [-0.4, -0.2) is 15.0 Å². The van der Waals surface area contributed by atoms with Crippen LogP contribution in [-0.2, 0) is 0 Å². The molecule has 4 fully saturated rings. The second kappa shape index (κ2) is 2.09. The molecule has 0 heterocycles. The van der Waals surface area contributed by atoms with Crippen LogP contribution in [0.2, 0.25) is 0 Å². The molecule has 0 aliphatic heterocycles. The van der Waals surface area contributed by atoms with E-state index in [4.69, 9.17) is 0 Å². The zero-order valence-electron chi connectivity index (χ0n) is 7.22. The molecule has 2 unspecified atom stereocenters. The molecular weight excluding hydrogens is 216 g/mol. The van der Waals surface area contributed by atoms with Gasteiger partial charge >= 0.3 is 0 Å². The number of rotatable bonds is 0. The average Bonchev–Trinajstić information content (AvgIpc) is 1.75. The molecule has 1 N–H and O–H groups in total. The molecule has 0 saturated heterocycles. The highest BCUT2D eigenvalue weighted by Crippen LogP contribution is 2.60. The van der Waals surface area contributed by atoms with E-state index in [-0.39, 0.29) is 5.60 Å². The summed E-state index contributed by atoms with van der Waals surface area (Å²) in [5.41, 5.74) is -0.284. The van der Waals surface area contributed by atoms with Crippen molar-refractivity contribution in [3.8, 4) is 0 Å². The molecule has 4 rings (SSSR count). The number of halogens is 1. The van der Waals surface area contributed by atoms with Crippen LogP contribution in [0.15, 0.2) is 0 Å². The van der Waals surface area contributed by atoms with Crippen molar-refractivity contribution >= 4 is 15.9 Å². The first-order valence-corrected chi connectivity index (χ1v) is 5.78. The van der Waals surface area contributed by atoms with Crippen LogP contribution in [0.3, 0.4) is 0 Å². The maximum Gasteiger partial charge on any atom is 0.0666 e. The van der Waals surface area contributed by atoms with E-state index in [1.165, 1.54) is 19.3 Å². The van der Waals surface area contributed by atoms with Crippen molar-refractivity contribution in [1.82, 2.24) is 0 Å². The van der Waals surface area contributed by atoms with E-state index in [1.54, 1.807) is 0 Å². The zero-order chi connectivity index (χ0) is 8.40. The predicted octanol–water partition coefficient (Wildman–Crippen LogP) is 2.47. The fraction of sp³-hybridized carbons (Fsp3) is 1.00. The minimum atomic E-state index is -0.284. The summed E-state index contributed by atoms with van der Waals surface area (Å²) < 4.78 is 0.325. The van der Waals surface area contributed by atoms with Gasteiger partial charge in [-0.2, -0.15) is 0 Å². The number of aliphatic hydroxyl groups is 1. The van der Waals surface area contributed by atoms with Gasteiger partial charge in [-0.25, -0.2) is 0 Å². The average molecular weight is 231 g/mol. The molecule has 0 aromatic rings. The lowest BCUT2D eigenvalue weighted by Gasteiger charge is -2.58. The summed E-state index contributed by atoms with van der Waals surface area (Å²) in [5.74, 6) is 1.63. The van der Waals surface area contributed by atoms with E-state index in [0.29, 0.717) is 4.32 Å². The molecule has 0 radical (unpaired) electrons. The summed E-state index contributed by atoms with van der Waals surface area (Å²) in [6.07, 6.45) is 7.17. The van der Waals surface area contributed by atoms with Gasteiger partial charge in [0.05, 0.1) is 5.60 Å². The van der Waals surface area contributed by atoms with Gasteiger partial charge in [-0.1, -0.05) is 15.9 Å². The van der Waals surface area contributed by atoms with Crippen molar-refractivity contribution in [2.75, 3.05) is 0 Å². The van der Waals surface area contributed by atoms with E-state index < -0.39 is 0 Å². The molecule has 4 aliphatic rings. The summed E-state index contributed by atoms with van der Waals surface area (Å²) in [5, 5.41) is 10.2. The smallest absolute Gasteiger partial charge is 0.0666 e. The van der Waals surface area contributed by atoms with Crippen LogP contribution in [0.1, 0.15) is 38.5 Å². The third kappa shape index (κ3) is 1.00. The molecular formula is C10H15BrO. The van der Waals surface area contributed by atoms with Gasteiger partial charge in [0.25, 0.3) is 0 Å². The van der Waals surface area contributed by atoms with Crippen LogP contribution in [0.25, 0.3) is 0 Å². The molecule has 4 aliphatic carbocycles. The Morgan fingerprint density at radius 3 is 2.08 bits per heavy atom. The second-order valence-corrected chi connectivity index (χ2v) is 7.02. The highest BCUT2D eigenvalue weighted by Gasteiger charge is 2.56. The monoisotopic (exact) mass is 230 g/mol. The summed E-state index contributed by atoms with van der Waals surface area (Å²) >= 11 is 3.83. The van der Waals surface area contributed by atoms with Crippen LogP contribution in [0, 0.1) is 11.8 Å². The van der Waals surface area contributed by atoms with Gasteiger partial charge in [-0.05, 0) is 50.4 Å². The fourth-order valence-corrected chi connectivity index (χ4v) is 5.54. The lowest BCUT2D eigenvalue weighted by molar-refractivity contribution is -0.112. The number of hydrogen-bond donors (Lipinski definition) is 1. The topological polar surface area (TPSA) is 20.2 Å². The van der Waals surface area contributed by atoms with E-state index in [9.17, 15) is 5.11 Å². The van der Waals surface area contributed by atoms with Gasteiger partial charge in [0.2, 0.25) is 0 Å². The Kier molecular flexibility index (Phi) is 1.36. The van der Waals surface area contributed by atoms with Gasteiger partial charge in [0, 0.05) is 4.32 Å². The molecule has 0 aromatic carbocycles. The first-order chi connectivity index (χ1) is 5.57. The molecule has 4 saturated carbocycles. The first-order valence-electron chi connectivity index (χ1n) is 4.98. The molecule has 0 aromatic heterocycles. The van der Waals surface area contributed by atoms with Gasteiger partial charge in [0.15, 0.2) is 0 Å². The van der Waals surface area contributed by atoms with Crippen LogP contribution in [0.5, 0.6) is 0 Å². The number of alkyl halides is 1. The summed E-state index contributed by atoms with van der Waals surface area (Å²) in [7, 11) is 0. The molecule has 2 heteroatoms. The van der Waals surface area contributed by atoms with Crippen molar-refractivity contribution in [3.05, 3.63) is 0 Å². The Morgan fingerprint density at radius 1 is 1.08 bits per heavy atom. The van der Waals surface area contributed by atoms with Crippen LogP contribution < -0.4 is 0 Å². The third-order valence-electron chi connectivity index (χ3n) is 3.96. The van der Waals surface area contributed by atoms with Crippen molar-refractivity contribution in [1.29, 1.82) is 0 Å². The lowest BCUT2D eigenvalue weighted by atomic mass is 9.54. The molecule has 1 nitrogen and oxygen atoms in total. The maximum absolute atomic E-state index is 10.2. The largest absolute Gasteiger partial charge is 0.390 e. The maximum atomic E-state index is 10.2. The Morgan fingerprint density at radius 2 is 1.67 bits per heavy atom. The molecule has 0 spiro atoms. The van der Waals surface area contributed by atoms with Crippen LogP contribution in [0.4, 0.5) is 0 Å². The molecule has 68 valence electrons. The highest BCUT2D eigenvalue weighted by atomic mass is 79.9. The minimum absolute atomic E-state index is 0.284. The number of hydrogen-bond acceptors (Lipinski definition) is 1. The third-order valence-corrected chi connectivity index (χ3v) is 4.89. The van der Waals surface area contributed by atoms with E-state index >= 15 is 0 Å². The fourth-order valence-electron chi connectivity index (χ4n) is 4.10. The SMILES string of the molecule is OC12CC3CC(C1)CC(Br)(C3)C2. The Labute approximate surface area is 81.7 Å². The molecule has 4 bridgehead atoms. The highest BCUT2D eigenvalue weighted by molar-refractivity contribution is 9.10. The Balaban J connectivity index is 1.98. The second-order valence-electron chi connectivity index (χ2n) is 5.34. The lowest BCUT2D eigenvalue weighted by Crippen LogP contribution is -2.56. The summed E-state index contributed by atoms with van der Waals surface area (Å²) in [4.78, 5) is 0. The van der Waals surface area contributed by atoms with Gasteiger partial charge < -0.3 is 5.11 Å². The van der Waals surface area contributed by atoms with E-state index in [0.717, 1.165) is 31.1 Å². The summed E-state index contributed by atoms with van der Waals surface area (Å²) in [6.45, 7) is 0. The van der Waals surface area contributed by atoms with Crippen molar-refractivity contribution in [2.45, 2.75) is 48.5 Å². The minimum Gasteiger partial charge on any atom is -0.390 e. The van der Waals surface area contributed by atoms with Crippen LogP contribution >= 0.6 is 15.9 Å². The predicted molar refractivity (Wildman–Crippen MR) is 51.3 cm³/mol. The van der Waals surface area contributed by atoms with E-state index in [2.05, 4.69) is 15.9 Å². The quantitative estimate of drug-likeness (QED) is 0.635. The Hall–Kier alpha value is 0.440. The van der Waals surface area contributed by atoms with Crippen molar-refractivity contribution < 1.29 is 5.11 Å². The first kappa shape index (κ1) is 7.81. The Bertz CT molecular complexity index is 192. The van der Waals surface area contributed by atoms with E-state index in [1.807, 2.05) is 0 Å².